The van der Waals surface area contributed by atoms with Gasteiger partial charge in [-0.2, -0.15) is 10.2 Å². The van der Waals surface area contributed by atoms with Crippen molar-refractivity contribution in [3.8, 4) is 16.9 Å². The topological polar surface area (TPSA) is 88.0 Å². The van der Waals surface area contributed by atoms with Gasteiger partial charge in [-0.25, -0.2) is 13.8 Å². The van der Waals surface area contributed by atoms with Gasteiger partial charge < -0.3 is 15.5 Å². The number of nitrogens with zero attached hydrogens (tertiary/aromatic N) is 5. The van der Waals surface area contributed by atoms with Gasteiger partial charge in [-0.1, -0.05) is 23.2 Å². The first-order chi connectivity index (χ1) is 17.2. The first-order valence-corrected chi connectivity index (χ1v) is 11.5. The fraction of sp³-hybridized carbons (Fsp3) is 0.167. The zero-order valence-electron chi connectivity index (χ0n) is 19.3. The minimum atomic E-state index is -0.692. The number of nitrogens with one attached hydrogen (secondary N) is 2. The smallest absolute Gasteiger partial charge is 0.257 e. The summed E-state index contributed by atoms with van der Waals surface area (Å²) < 4.78 is 29.1. The van der Waals surface area contributed by atoms with Crippen LogP contribution in [-0.2, 0) is 0 Å². The molecule has 2 heterocycles. The van der Waals surface area contributed by atoms with Crippen LogP contribution in [0, 0.1) is 11.6 Å². The second-order valence-electron chi connectivity index (χ2n) is 8.03. The van der Waals surface area contributed by atoms with Crippen molar-refractivity contribution < 1.29 is 13.6 Å². The van der Waals surface area contributed by atoms with Crippen molar-refractivity contribution >= 4 is 40.5 Å². The van der Waals surface area contributed by atoms with Crippen molar-refractivity contribution in [3.05, 3.63) is 82.2 Å². The summed E-state index contributed by atoms with van der Waals surface area (Å²) in [4.78, 5) is 20.2. The quantitative estimate of drug-likeness (QED) is 0.327. The summed E-state index contributed by atoms with van der Waals surface area (Å²) in [5.74, 6) is -1.53. The first-order valence-electron chi connectivity index (χ1n) is 10.7. The van der Waals surface area contributed by atoms with Crippen LogP contribution in [-0.4, -0.2) is 58.0 Å². The SMILES string of the molecule is CN(C)CCNc1cc(F)ccc1-c1cc(Cl)c(C(=O)Nc2cnc(-n3nccn3)c(Cl)c2)cc1F. The molecule has 0 fully saturated rings. The van der Waals surface area contributed by atoms with Crippen LogP contribution in [0.1, 0.15) is 10.4 Å². The Labute approximate surface area is 215 Å². The summed E-state index contributed by atoms with van der Waals surface area (Å²) in [7, 11) is 3.82. The Morgan fingerprint density at radius 1 is 1.03 bits per heavy atom. The molecule has 0 saturated heterocycles. The molecule has 0 atom stereocenters. The van der Waals surface area contributed by atoms with Gasteiger partial charge in [0, 0.05) is 29.9 Å². The highest BCUT2D eigenvalue weighted by atomic mass is 35.5. The molecule has 12 heteroatoms. The molecule has 0 aliphatic rings. The number of amides is 1. The van der Waals surface area contributed by atoms with Gasteiger partial charge in [-0.15, -0.1) is 4.80 Å². The van der Waals surface area contributed by atoms with Crippen molar-refractivity contribution in [3.63, 3.8) is 0 Å². The number of carbonyl (C=O) groups excluding carboxylic acids is 1. The monoisotopic (exact) mass is 531 g/mol. The Balaban J connectivity index is 1.58. The highest BCUT2D eigenvalue weighted by Gasteiger charge is 2.19. The molecule has 0 aliphatic carbocycles. The number of rotatable bonds is 8. The van der Waals surface area contributed by atoms with Crippen LogP contribution in [0.2, 0.25) is 10.0 Å². The van der Waals surface area contributed by atoms with Crippen LogP contribution in [0.4, 0.5) is 20.2 Å². The Bertz CT molecular complexity index is 1400. The van der Waals surface area contributed by atoms with E-state index < -0.39 is 17.5 Å². The molecule has 2 aromatic carbocycles. The minimum absolute atomic E-state index is 0.0175. The van der Waals surface area contributed by atoms with Crippen molar-refractivity contribution in [2.45, 2.75) is 0 Å². The number of hydrogen-bond acceptors (Lipinski definition) is 6. The summed E-state index contributed by atoms with van der Waals surface area (Å²) in [5, 5.41) is 13.9. The molecule has 0 saturated carbocycles. The van der Waals surface area contributed by atoms with Crippen LogP contribution >= 0.6 is 23.2 Å². The Morgan fingerprint density at radius 3 is 2.47 bits per heavy atom. The average Bonchev–Trinajstić information content (AvgIpc) is 3.35. The lowest BCUT2D eigenvalue weighted by molar-refractivity contribution is 0.102. The zero-order chi connectivity index (χ0) is 25.8. The lowest BCUT2D eigenvalue weighted by Gasteiger charge is -2.16. The van der Waals surface area contributed by atoms with Gasteiger partial charge in [0.15, 0.2) is 5.82 Å². The second-order valence-corrected chi connectivity index (χ2v) is 8.85. The van der Waals surface area contributed by atoms with Crippen LogP contribution < -0.4 is 10.6 Å². The molecule has 1 amide bonds. The molecule has 186 valence electrons. The maximum Gasteiger partial charge on any atom is 0.257 e. The van der Waals surface area contributed by atoms with E-state index in [1.807, 2.05) is 19.0 Å². The third kappa shape index (κ3) is 5.78. The molecule has 0 aliphatic heterocycles. The number of pyridine rings is 1. The van der Waals surface area contributed by atoms with Crippen LogP contribution in [0.25, 0.3) is 16.9 Å². The van der Waals surface area contributed by atoms with E-state index in [4.69, 9.17) is 23.2 Å². The van der Waals surface area contributed by atoms with Gasteiger partial charge in [-0.3, -0.25) is 4.79 Å². The van der Waals surface area contributed by atoms with E-state index in [0.717, 1.165) is 6.07 Å². The molecule has 0 unspecified atom stereocenters. The average molecular weight is 532 g/mol. The normalized spacial score (nSPS) is 11.1. The highest BCUT2D eigenvalue weighted by Crippen LogP contribution is 2.34. The van der Waals surface area contributed by atoms with E-state index in [1.165, 1.54) is 53.7 Å². The summed E-state index contributed by atoms with van der Waals surface area (Å²) in [6.07, 6.45) is 4.32. The van der Waals surface area contributed by atoms with E-state index in [-0.39, 0.29) is 32.7 Å². The van der Waals surface area contributed by atoms with Crippen LogP contribution in [0.5, 0.6) is 0 Å². The molecule has 0 bridgehead atoms. The van der Waals surface area contributed by atoms with Gasteiger partial charge >= 0.3 is 0 Å². The molecule has 36 heavy (non-hydrogen) atoms. The summed E-state index contributed by atoms with van der Waals surface area (Å²) in [6.45, 7) is 1.21. The van der Waals surface area contributed by atoms with E-state index in [9.17, 15) is 9.18 Å². The molecular weight excluding hydrogens is 511 g/mol. The molecule has 0 radical (unpaired) electrons. The number of carbonyl (C=O) groups is 1. The van der Waals surface area contributed by atoms with Gasteiger partial charge in [0.25, 0.3) is 5.91 Å². The predicted octanol–water partition coefficient (Wildman–Crippen LogP) is 5.14. The number of halogens is 4. The van der Waals surface area contributed by atoms with Crippen molar-refractivity contribution in [2.24, 2.45) is 0 Å². The van der Waals surface area contributed by atoms with Crippen LogP contribution in [0.15, 0.2) is 55.0 Å². The van der Waals surface area contributed by atoms with Crippen molar-refractivity contribution in [1.82, 2.24) is 24.9 Å². The standard InChI is InChI=1S/C24H21Cl2F2N7O/c1-34(2)8-7-29-22-9-14(27)3-4-16(22)17-11-19(25)18(12-21(17)28)24(36)33-15-10-20(26)23(30-13-15)35-31-5-6-32-35/h3-6,9-13,29H,7-8H2,1-2H3,(H,33,36). The summed E-state index contributed by atoms with van der Waals surface area (Å²) in [5.41, 5.74) is 1.14. The number of likely N-dealkylation sites (N-methyl/N-ethyl adjacent to an activating group) is 1. The summed E-state index contributed by atoms with van der Waals surface area (Å²) in [6, 6.07) is 7.84. The molecule has 2 N–H and O–H groups in total. The molecule has 0 spiro atoms. The lowest BCUT2D eigenvalue weighted by atomic mass is 10.0. The molecule has 4 rings (SSSR count). The fourth-order valence-electron chi connectivity index (χ4n) is 3.41. The van der Waals surface area contributed by atoms with Crippen LogP contribution in [0.3, 0.4) is 0 Å². The van der Waals surface area contributed by atoms with E-state index in [0.29, 0.717) is 24.3 Å². The minimum Gasteiger partial charge on any atom is -0.383 e. The summed E-state index contributed by atoms with van der Waals surface area (Å²) >= 11 is 12.6. The van der Waals surface area contributed by atoms with Gasteiger partial charge in [0.2, 0.25) is 0 Å². The van der Waals surface area contributed by atoms with E-state index >= 15 is 4.39 Å². The highest BCUT2D eigenvalue weighted by molar-refractivity contribution is 6.35. The Hall–Kier alpha value is -3.60. The van der Waals surface area contributed by atoms with Crippen molar-refractivity contribution in [2.75, 3.05) is 37.8 Å². The maximum absolute atomic E-state index is 15.2. The first kappa shape index (κ1) is 25.5. The zero-order valence-corrected chi connectivity index (χ0v) is 20.8. The van der Waals surface area contributed by atoms with Gasteiger partial charge in [-0.05, 0) is 50.5 Å². The maximum atomic E-state index is 15.2. The largest absolute Gasteiger partial charge is 0.383 e. The molecule has 8 nitrogen and oxygen atoms in total. The van der Waals surface area contributed by atoms with E-state index in [2.05, 4.69) is 25.8 Å². The number of benzene rings is 2. The lowest BCUT2D eigenvalue weighted by Crippen LogP contribution is -2.21. The third-order valence-electron chi connectivity index (χ3n) is 5.14. The van der Waals surface area contributed by atoms with E-state index in [1.54, 1.807) is 0 Å². The van der Waals surface area contributed by atoms with Gasteiger partial charge in [0.05, 0.1) is 39.9 Å². The molecule has 2 aromatic heterocycles. The Kier molecular flexibility index (Phi) is 7.78. The van der Waals surface area contributed by atoms with Crippen molar-refractivity contribution in [1.29, 1.82) is 0 Å². The Morgan fingerprint density at radius 2 is 1.78 bits per heavy atom. The third-order valence-corrected chi connectivity index (χ3v) is 5.73. The molecular formula is C24H21Cl2F2N7O. The predicted molar refractivity (Wildman–Crippen MR) is 136 cm³/mol. The molecule has 4 aromatic rings. The number of hydrogen-bond donors (Lipinski definition) is 2. The number of aromatic nitrogens is 4. The number of anilines is 2. The van der Waals surface area contributed by atoms with Gasteiger partial charge in [0.1, 0.15) is 11.6 Å². The second kappa shape index (κ2) is 11.0. The fourth-order valence-corrected chi connectivity index (χ4v) is 3.90.